The van der Waals surface area contributed by atoms with Crippen LogP contribution in [-0.2, 0) is 16.8 Å². The lowest BCUT2D eigenvalue weighted by atomic mass is 10.00. The first-order valence-corrected chi connectivity index (χ1v) is 10.2. The van der Waals surface area contributed by atoms with Crippen molar-refractivity contribution in [2.75, 3.05) is 13.1 Å². The quantitative estimate of drug-likeness (QED) is 0.748. The van der Waals surface area contributed by atoms with Crippen LogP contribution in [0.15, 0.2) is 59.0 Å². The SMILES string of the molecule is O=S(=O)(NCc1ccccc1)N1CCC[C@H](c2nc3ccccc3o2)C1. The molecule has 4 rings (SSSR count). The Labute approximate surface area is 153 Å². The Morgan fingerprint density at radius 2 is 1.88 bits per heavy atom. The minimum Gasteiger partial charge on any atom is -0.440 e. The molecule has 26 heavy (non-hydrogen) atoms. The van der Waals surface area contributed by atoms with Gasteiger partial charge in [0.15, 0.2) is 11.5 Å². The molecule has 0 bridgehead atoms. The van der Waals surface area contributed by atoms with Gasteiger partial charge in [-0.3, -0.25) is 0 Å². The van der Waals surface area contributed by atoms with E-state index in [0.29, 0.717) is 19.0 Å². The molecule has 1 saturated heterocycles. The molecule has 3 aromatic rings. The summed E-state index contributed by atoms with van der Waals surface area (Å²) in [4.78, 5) is 4.54. The van der Waals surface area contributed by atoms with Crippen LogP contribution in [0.2, 0.25) is 0 Å². The maximum Gasteiger partial charge on any atom is 0.279 e. The van der Waals surface area contributed by atoms with E-state index >= 15 is 0 Å². The standard InChI is InChI=1S/C19H21N3O3S/c23-26(24,20-13-15-7-2-1-3-8-15)22-12-6-9-16(14-22)19-21-17-10-4-5-11-18(17)25-19/h1-5,7-8,10-11,16,20H,6,9,12-14H2/t16-/m0/s1. The molecule has 0 unspecified atom stereocenters. The molecule has 1 fully saturated rings. The summed E-state index contributed by atoms with van der Waals surface area (Å²) < 4.78 is 35.4. The van der Waals surface area contributed by atoms with Crippen molar-refractivity contribution in [2.24, 2.45) is 0 Å². The molecule has 1 aliphatic heterocycles. The zero-order valence-electron chi connectivity index (χ0n) is 14.3. The number of rotatable bonds is 5. The molecule has 1 atom stereocenters. The molecule has 2 heterocycles. The summed E-state index contributed by atoms with van der Waals surface area (Å²) in [6.45, 7) is 1.19. The number of hydrogen-bond acceptors (Lipinski definition) is 4. The van der Waals surface area contributed by atoms with Gasteiger partial charge in [0, 0.05) is 25.6 Å². The number of piperidine rings is 1. The molecule has 1 aromatic heterocycles. The Morgan fingerprint density at radius 1 is 1.12 bits per heavy atom. The van der Waals surface area contributed by atoms with E-state index in [1.807, 2.05) is 54.6 Å². The number of para-hydroxylation sites is 2. The van der Waals surface area contributed by atoms with E-state index in [0.717, 1.165) is 29.5 Å². The van der Waals surface area contributed by atoms with Crippen LogP contribution in [0.1, 0.15) is 30.2 Å². The monoisotopic (exact) mass is 371 g/mol. The first-order valence-electron chi connectivity index (χ1n) is 8.76. The third-order valence-electron chi connectivity index (χ3n) is 4.69. The van der Waals surface area contributed by atoms with Gasteiger partial charge in [0.2, 0.25) is 0 Å². The predicted octanol–water partition coefficient (Wildman–Crippen LogP) is 3.04. The summed E-state index contributed by atoms with van der Waals surface area (Å²) in [5.41, 5.74) is 2.48. The van der Waals surface area contributed by atoms with Crippen molar-refractivity contribution < 1.29 is 12.8 Å². The zero-order chi connectivity index (χ0) is 18.0. The summed E-state index contributed by atoms with van der Waals surface area (Å²) in [7, 11) is -3.54. The molecule has 0 aliphatic carbocycles. The average molecular weight is 371 g/mol. The van der Waals surface area contributed by atoms with E-state index in [9.17, 15) is 8.42 Å². The van der Waals surface area contributed by atoms with Gasteiger partial charge in [-0.25, -0.2) is 4.98 Å². The first-order chi connectivity index (χ1) is 12.6. The Bertz CT molecular complexity index is 952. The van der Waals surface area contributed by atoms with Crippen LogP contribution in [0.3, 0.4) is 0 Å². The molecule has 2 aromatic carbocycles. The number of oxazole rings is 1. The predicted molar refractivity (Wildman–Crippen MR) is 99.8 cm³/mol. The average Bonchev–Trinajstić information content (AvgIpc) is 3.12. The van der Waals surface area contributed by atoms with Crippen LogP contribution in [-0.4, -0.2) is 30.8 Å². The van der Waals surface area contributed by atoms with Gasteiger partial charge in [-0.2, -0.15) is 17.4 Å². The Morgan fingerprint density at radius 3 is 2.69 bits per heavy atom. The maximum atomic E-state index is 12.7. The van der Waals surface area contributed by atoms with E-state index in [2.05, 4.69) is 9.71 Å². The molecule has 0 spiro atoms. The molecule has 136 valence electrons. The summed E-state index contributed by atoms with van der Waals surface area (Å²) in [5, 5.41) is 0. The largest absolute Gasteiger partial charge is 0.440 e. The molecule has 6 nitrogen and oxygen atoms in total. The topological polar surface area (TPSA) is 75.4 Å². The molecule has 0 saturated carbocycles. The van der Waals surface area contributed by atoms with Gasteiger partial charge in [-0.05, 0) is 30.5 Å². The van der Waals surface area contributed by atoms with Crippen LogP contribution in [0.5, 0.6) is 0 Å². The molecule has 7 heteroatoms. The van der Waals surface area contributed by atoms with E-state index < -0.39 is 10.2 Å². The minimum atomic E-state index is -3.54. The Hall–Kier alpha value is -2.22. The summed E-state index contributed by atoms with van der Waals surface area (Å²) in [5.74, 6) is 0.596. The number of hydrogen-bond donors (Lipinski definition) is 1. The van der Waals surface area contributed by atoms with Gasteiger partial charge in [0.05, 0.1) is 0 Å². The molecule has 1 aliphatic rings. The van der Waals surface area contributed by atoms with Crippen LogP contribution in [0.4, 0.5) is 0 Å². The van der Waals surface area contributed by atoms with E-state index in [4.69, 9.17) is 4.42 Å². The summed E-state index contributed by atoms with van der Waals surface area (Å²) >= 11 is 0. The first kappa shape index (κ1) is 17.2. The van der Waals surface area contributed by atoms with E-state index in [-0.39, 0.29) is 12.5 Å². The lowest BCUT2D eigenvalue weighted by Crippen LogP contribution is -2.45. The van der Waals surface area contributed by atoms with Gasteiger partial charge < -0.3 is 4.42 Å². The van der Waals surface area contributed by atoms with Crippen LogP contribution in [0.25, 0.3) is 11.1 Å². The maximum absolute atomic E-state index is 12.7. The van der Waals surface area contributed by atoms with Crippen molar-refractivity contribution in [3.05, 3.63) is 66.1 Å². The lowest BCUT2D eigenvalue weighted by molar-refractivity contribution is 0.285. The van der Waals surface area contributed by atoms with Gasteiger partial charge >= 0.3 is 0 Å². The number of fused-ring (bicyclic) bond motifs is 1. The highest BCUT2D eigenvalue weighted by molar-refractivity contribution is 7.87. The van der Waals surface area contributed by atoms with Gasteiger partial charge in [-0.15, -0.1) is 0 Å². The second-order valence-electron chi connectivity index (χ2n) is 6.53. The van der Waals surface area contributed by atoms with E-state index in [1.165, 1.54) is 4.31 Å². The molecular weight excluding hydrogens is 350 g/mol. The number of aromatic nitrogens is 1. The van der Waals surface area contributed by atoms with Crippen LogP contribution < -0.4 is 4.72 Å². The highest BCUT2D eigenvalue weighted by atomic mass is 32.2. The number of benzene rings is 2. The fourth-order valence-electron chi connectivity index (χ4n) is 3.29. The van der Waals surface area contributed by atoms with Crippen LogP contribution in [0, 0.1) is 0 Å². The van der Waals surface area contributed by atoms with Crippen LogP contribution >= 0.6 is 0 Å². The highest BCUT2D eigenvalue weighted by Crippen LogP contribution is 2.29. The fraction of sp³-hybridized carbons (Fsp3) is 0.316. The summed E-state index contributed by atoms with van der Waals surface area (Å²) in [6, 6.07) is 17.1. The molecular formula is C19H21N3O3S. The third-order valence-corrected chi connectivity index (χ3v) is 6.21. The zero-order valence-corrected chi connectivity index (χ0v) is 15.2. The number of nitrogens with zero attached hydrogens (tertiary/aromatic N) is 2. The normalized spacial score (nSPS) is 19.0. The molecule has 1 N–H and O–H groups in total. The molecule has 0 amide bonds. The lowest BCUT2D eigenvalue weighted by Gasteiger charge is -2.30. The van der Waals surface area contributed by atoms with Gasteiger partial charge in [0.1, 0.15) is 5.52 Å². The summed E-state index contributed by atoms with van der Waals surface area (Å²) in [6.07, 6.45) is 1.66. The highest BCUT2D eigenvalue weighted by Gasteiger charge is 2.31. The van der Waals surface area contributed by atoms with Crippen molar-refractivity contribution in [3.63, 3.8) is 0 Å². The minimum absolute atomic E-state index is 0.0237. The van der Waals surface area contributed by atoms with Crippen molar-refractivity contribution in [1.29, 1.82) is 0 Å². The second-order valence-corrected chi connectivity index (χ2v) is 8.28. The van der Waals surface area contributed by atoms with Crippen molar-refractivity contribution in [3.8, 4) is 0 Å². The van der Waals surface area contributed by atoms with Crippen molar-refractivity contribution in [1.82, 2.24) is 14.0 Å². The fourth-order valence-corrected chi connectivity index (χ4v) is 4.57. The van der Waals surface area contributed by atoms with Gasteiger partial charge in [0.25, 0.3) is 10.2 Å². The second kappa shape index (κ2) is 7.19. The Balaban J connectivity index is 1.47. The Kier molecular flexibility index (Phi) is 4.76. The smallest absolute Gasteiger partial charge is 0.279 e. The number of nitrogens with one attached hydrogen (secondary N) is 1. The van der Waals surface area contributed by atoms with Crippen molar-refractivity contribution in [2.45, 2.75) is 25.3 Å². The van der Waals surface area contributed by atoms with E-state index in [1.54, 1.807) is 0 Å². The third kappa shape index (κ3) is 3.65. The van der Waals surface area contributed by atoms with Gasteiger partial charge in [-0.1, -0.05) is 42.5 Å². The molecule has 0 radical (unpaired) electrons. The van der Waals surface area contributed by atoms with Crippen molar-refractivity contribution >= 4 is 21.3 Å².